The fourth-order valence-corrected chi connectivity index (χ4v) is 3.52. The fourth-order valence-electron chi connectivity index (χ4n) is 2.26. The van der Waals surface area contributed by atoms with Crippen molar-refractivity contribution in [3.8, 4) is 11.5 Å². The number of nitrogens with one attached hydrogen (secondary N) is 2. The summed E-state index contributed by atoms with van der Waals surface area (Å²) in [6.45, 7) is 3.87. The number of sulfonamides is 1. The van der Waals surface area contributed by atoms with Crippen molar-refractivity contribution in [2.24, 2.45) is 0 Å². The monoisotopic (exact) mass is 412 g/mol. The molecule has 146 valence electrons. The maximum Gasteiger partial charge on any atom is 0.262 e. The van der Waals surface area contributed by atoms with Gasteiger partial charge in [-0.3, -0.25) is 9.52 Å². The molecule has 2 aromatic carbocycles. The Hall–Kier alpha value is -2.45. The topological polar surface area (TPSA) is 93.7 Å². The molecule has 2 rings (SSSR count). The van der Waals surface area contributed by atoms with E-state index in [2.05, 4.69) is 10.0 Å². The van der Waals surface area contributed by atoms with Crippen molar-refractivity contribution in [1.82, 2.24) is 0 Å². The minimum absolute atomic E-state index is 0.0422. The average Bonchev–Trinajstić information content (AvgIpc) is 2.63. The van der Waals surface area contributed by atoms with E-state index >= 15 is 0 Å². The second-order valence-corrected chi connectivity index (χ2v) is 7.56. The first-order valence-electron chi connectivity index (χ1n) is 8.23. The Labute approximate surface area is 163 Å². The van der Waals surface area contributed by atoms with Crippen molar-refractivity contribution >= 4 is 38.9 Å². The molecule has 0 atom stereocenters. The number of anilines is 2. The molecule has 2 N–H and O–H groups in total. The van der Waals surface area contributed by atoms with Crippen LogP contribution in [0.1, 0.15) is 20.3 Å². The fraction of sp³-hybridized carbons (Fsp3) is 0.278. The highest BCUT2D eigenvalue weighted by atomic mass is 35.5. The summed E-state index contributed by atoms with van der Waals surface area (Å²) in [6.07, 6.45) is 0.251. The van der Waals surface area contributed by atoms with Crippen molar-refractivity contribution in [2.45, 2.75) is 25.2 Å². The second kappa shape index (κ2) is 8.96. The summed E-state index contributed by atoms with van der Waals surface area (Å²) in [5.41, 5.74) is 0.489. The number of methoxy groups -OCH3 is 1. The molecule has 9 heteroatoms. The molecule has 0 aromatic heterocycles. The van der Waals surface area contributed by atoms with Gasteiger partial charge in [0, 0.05) is 11.4 Å². The normalized spacial score (nSPS) is 11.0. The quantitative estimate of drug-likeness (QED) is 0.685. The molecule has 0 heterocycles. The van der Waals surface area contributed by atoms with Crippen molar-refractivity contribution in [1.29, 1.82) is 0 Å². The van der Waals surface area contributed by atoms with Crippen LogP contribution in [0, 0.1) is 0 Å². The molecule has 0 saturated carbocycles. The number of hydrogen-bond acceptors (Lipinski definition) is 5. The zero-order valence-corrected chi connectivity index (χ0v) is 16.8. The van der Waals surface area contributed by atoms with E-state index in [-0.39, 0.29) is 28.6 Å². The maximum absolute atomic E-state index is 12.8. The lowest BCUT2D eigenvalue weighted by atomic mass is 10.3. The van der Waals surface area contributed by atoms with Crippen LogP contribution in [0.25, 0.3) is 0 Å². The lowest BCUT2D eigenvalue weighted by molar-refractivity contribution is -0.115. The number of rotatable bonds is 8. The summed E-state index contributed by atoms with van der Waals surface area (Å²) in [6, 6.07) is 8.84. The van der Waals surface area contributed by atoms with Crippen molar-refractivity contribution in [3.63, 3.8) is 0 Å². The molecule has 0 unspecified atom stereocenters. The third-order valence-corrected chi connectivity index (χ3v) is 5.16. The standard InChI is InChI=1S/C18H21ClN2O5S/c1-4-18(22)20-14-11-13(7-9-17(14)26-5-2)27(23,24)21-15-10-12(19)6-8-16(15)25-3/h6-11,21H,4-5H2,1-3H3,(H,20,22). The van der Waals surface area contributed by atoms with Gasteiger partial charge in [0.2, 0.25) is 5.91 Å². The molecule has 0 fully saturated rings. The lowest BCUT2D eigenvalue weighted by Crippen LogP contribution is -2.15. The van der Waals surface area contributed by atoms with E-state index in [0.29, 0.717) is 23.1 Å². The molecule has 0 aliphatic rings. The molecule has 0 aliphatic heterocycles. The van der Waals surface area contributed by atoms with Crippen LogP contribution in [-0.4, -0.2) is 28.0 Å². The highest BCUT2D eigenvalue weighted by molar-refractivity contribution is 7.92. The molecule has 0 saturated heterocycles. The van der Waals surface area contributed by atoms with Crippen LogP contribution in [0.3, 0.4) is 0 Å². The van der Waals surface area contributed by atoms with Crippen LogP contribution in [0.5, 0.6) is 11.5 Å². The zero-order valence-electron chi connectivity index (χ0n) is 15.2. The largest absolute Gasteiger partial charge is 0.495 e. The van der Waals surface area contributed by atoms with Gasteiger partial charge in [-0.2, -0.15) is 0 Å². The van der Waals surface area contributed by atoms with Crippen molar-refractivity contribution in [2.75, 3.05) is 23.8 Å². The zero-order chi connectivity index (χ0) is 20.0. The predicted molar refractivity (Wildman–Crippen MR) is 105 cm³/mol. The molecule has 0 spiro atoms. The van der Waals surface area contributed by atoms with E-state index in [4.69, 9.17) is 21.1 Å². The number of ether oxygens (including phenoxy) is 2. The first-order valence-corrected chi connectivity index (χ1v) is 10.1. The van der Waals surface area contributed by atoms with Gasteiger partial charge in [-0.05, 0) is 43.3 Å². The van der Waals surface area contributed by atoms with E-state index in [1.807, 2.05) is 0 Å². The highest BCUT2D eigenvalue weighted by Gasteiger charge is 2.19. The van der Waals surface area contributed by atoms with Gasteiger partial charge in [-0.25, -0.2) is 8.42 Å². The van der Waals surface area contributed by atoms with Gasteiger partial charge < -0.3 is 14.8 Å². The van der Waals surface area contributed by atoms with Gasteiger partial charge >= 0.3 is 0 Å². The SMILES string of the molecule is CCOc1ccc(S(=O)(=O)Nc2cc(Cl)ccc2OC)cc1NC(=O)CC. The summed E-state index contributed by atoms with van der Waals surface area (Å²) >= 11 is 5.95. The van der Waals surface area contributed by atoms with E-state index < -0.39 is 10.0 Å². The first kappa shape index (κ1) is 20.9. The molecule has 0 aliphatic carbocycles. The van der Waals surface area contributed by atoms with Gasteiger partial charge in [0.25, 0.3) is 10.0 Å². The summed E-state index contributed by atoms with van der Waals surface area (Å²) in [4.78, 5) is 11.7. The Morgan fingerprint density at radius 3 is 2.41 bits per heavy atom. The predicted octanol–water partition coefficient (Wildman–Crippen LogP) is 3.90. The molecular weight excluding hydrogens is 392 g/mol. The first-order chi connectivity index (χ1) is 12.8. The van der Waals surface area contributed by atoms with E-state index in [1.165, 1.54) is 31.4 Å². The van der Waals surface area contributed by atoms with Crippen LogP contribution in [0.15, 0.2) is 41.3 Å². The second-order valence-electron chi connectivity index (χ2n) is 5.44. The van der Waals surface area contributed by atoms with Gasteiger partial charge in [0.1, 0.15) is 11.5 Å². The number of carbonyl (C=O) groups is 1. The Bertz CT molecular complexity index is 931. The molecule has 0 radical (unpaired) electrons. The average molecular weight is 413 g/mol. The molecular formula is C18H21ClN2O5S. The minimum Gasteiger partial charge on any atom is -0.495 e. The molecule has 0 bridgehead atoms. The summed E-state index contributed by atoms with van der Waals surface area (Å²) in [5, 5.41) is 3.01. The third-order valence-electron chi connectivity index (χ3n) is 3.56. The highest BCUT2D eigenvalue weighted by Crippen LogP contribution is 2.32. The number of hydrogen-bond donors (Lipinski definition) is 2. The van der Waals surface area contributed by atoms with Crippen LogP contribution in [0.2, 0.25) is 5.02 Å². The molecule has 27 heavy (non-hydrogen) atoms. The minimum atomic E-state index is -3.95. The van der Waals surface area contributed by atoms with E-state index in [1.54, 1.807) is 26.0 Å². The summed E-state index contributed by atoms with van der Waals surface area (Å²) in [5.74, 6) is 0.460. The van der Waals surface area contributed by atoms with E-state index in [9.17, 15) is 13.2 Å². The smallest absolute Gasteiger partial charge is 0.262 e. The van der Waals surface area contributed by atoms with Crippen LogP contribution in [-0.2, 0) is 14.8 Å². The number of carbonyl (C=O) groups excluding carboxylic acids is 1. The molecule has 7 nitrogen and oxygen atoms in total. The Kier molecular flexibility index (Phi) is 6.92. The Balaban J connectivity index is 2.42. The lowest BCUT2D eigenvalue weighted by Gasteiger charge is -2.15. The number of halogens is 1. The van der Waals surface area contributed by atoms with Crippen molar-refractivity contribution in [3.05, 3.63) is 41.4 Å². The number of benzene rings is 2. The summed E-state index contributed by atoms with van der Waals surface area (Å²) in [7, 11) is -2.53. The number of amides is 1. The van der Waals surface area contributed by atoms with Gasteiger partial charge in [-0.1, -0.05) is 18.5 Å². The third kappa shape index (κ3) is 5.27. The van der Waals surface area contributed by atoms with Crippen LogP contribution < -0.4 is 19.5 Å². The van der Waals surface area contributed by atoms with Gasteiger partial charge in [0.15, 0.2) is 0 Å². The van der Waals surface area contributed by atoms with Gasteiger partial charge in [-0.15, -0.1) is 0 Å². The molecule has 1 amide bonds. The van der Waals surface area contributed by atoms with Gasteiger partial charge in [0.05, 0.1) is 30.0 Å². The summed E-state index contributed by atoms with van der Waals surface area (Å²) < 4.78 is 38.7. The maximum atomic E-state index is 12.8. The van der Waals surface area contributed by atoms with Crippen LogP contribution >= 0.6 is 11.6 Å². The Morgan fingerprint density at radius 1 is 1.07 bits per heavy atom. The van der Waals surface area contributed by atoms with E-state index in [0.717, 1.165) is 0 Å². The Morgan fingerprint density at radius 2 is 1.78 bits per heavy atom. The van der Waals surface area contributed by atoms with Crippen LogP contribution in [0.4, 0.5) is 11.4 Å². The molecule has 2 aromatic rings. The van der Waals surface area contributed by atoms with Crippen molar-refractivity contribution < 1.29 is 22.7 Å².